The molecule has 0 amide bonds. The number of ketones is 1. The second-order valence-electron chi connectivity index (χ2n) is 4.18. The largest absolute Gasteiger partial charge is 0.426 e. The second-order valence-corrected chi connectivity index (χ2v) is 4.62. The fraction of sp³-hybridized carbons (Fsp3) is 0.0588. The first kappa shape index (κ1) is 14.8. The number of hydrogen-bond donors (Lipinski definition) is 0. The number of hydrogen-bond acceptors (Lipinski definition) is 3. The van der Waals surface area contributed by atoms with Crippen molar-refractivity contribution in [2.24, 2.45) is 0 Å². The van der Waals surface area contributed by atoms with Crippen molar-refractivity contribution in [2.75, 3.05) is 0 Å². The lowest BCUT2D eigenvalue weighted by molar-refractivity contribution is -0.131. The van der Waals surface area contributed by atoms with E-state index < -0.39 is 11.8 Å². The zero-order chi connectivity index (χ0) is 15.2. The monoisotopic (exact) mass is 298 g/mol. The van der Waals surface area contributed by atoms with Crippen LogP contribution in [0, 0.1) is 11.8 Å². The van der Waals surface area contributed by atoms with Gasteiger partial charge in [-0.2, -0.15) is 0 Å². The van der Waals surface area contributed by atoms with Crippen LogP contribution in [0.4, 0.5) is 0 Å². The van der Waals surface area contributed by atoms with Crippen molar-refractivity contribution < 1.29 is 14.3 Å². The summed E-state index contributed by atoms with van der Waals surface area (Å²) in [6, 6.07) is 13.6. The Kier molecular flexibility index (Phi) is 4.76. The third kappa shape index (κ3) is 4.20. The van der Waals surface area contributed by atoms with Crippen LogP contribution in [0.3, 0.4) is 0 Å². The molecule has 2 rings (SSSR count). The number of ether oxygens (including phenoxy) is 1. The first-order chi connectivity index (χ1) is 10.1. The van der Waals surface area contributed by atoms with Gasteiger partial charge in [0.25, 0.3) is 0 Å². The number of Topliss-reactive ketones (excluding diaryl/α,β-unsaturated/α-hetero) is 1. The van der Waals surface area contributed by atoms with Crippen molar-refractivity contribution in [3.63, 3.8) is 0 Å². The van der Waals surface area contributed by atoms with Gasteiger partial charge in [0, 0.05) is 23.6 Å². The van der Waals surface area contributed by atoms with Crippen molar-refractivity contribution in [1.82, 2.24) is 0 Å². The SMILES string of the molecule is CC(=O)Oc1cc(Cl)ccc1C(=O)C#Cc1ccccc1. The van der Waals surface area contributed by atoms with Gasteiger partial charge in [-0.15, -0.1) is 0 Å². The molecule has 0 aliphatic carbocycles. The molecule has 0 spiro atoms. The van der Waals surface area contributed by atoms with Crippen LogP contribution < -0.4 is 4.74 Å². The first-order valence-corrected chi connectivity index (χ1v) is 6.53. The summed E-state index contributed by atoms with van der Waals surface area (Å²) in [4.78, 5) is 23.2. The van der Waals surface area contributed by atoms with E-state index in [1.807, 2.05) is 18.2 Å². The Labute approximate surface area is 127 Å². The topological polar surface area (TPSA) is 43.4 Å². The standard InChI is InChI=1S/C17H11ClO3/c1-12(19)21-17-11-14(18)8-9-15(17)16(20)10-7-13-5-3-2-4-6-13/h2-6,8-9,11H,1H3. The van der Waals surface area contributed by atoms with E-state index >= 15 is 0 Å². The third-order valence-corrected chi connectivity index (χ3v) is 2.77. The molecule has 0 aliphatic rings. The minimum absolute atomic E-state index is 0.113. The summed E-state index contributed by atoms with van der Waals surface area (Å²) in [5.74, 6) is 4.44. The third-order valence-electron chi connectivity index (χ3n) is 2.54. The lowest BCUT2D eigenvalue weighted by Gasteiger charge is -2.05. The molecule has 21 heavy (non-hydrogen) atoms. The van der Waals surface area contributed by atoms with E-state index in [0.717, 1.165) is 5.56 Å². The molecule has 0 bridgehead atoms. The maximum absolute atomic E-state index is 12.1. The lowest BCUT2D eigenvalue weighted by Crippen LogP contribution is -2.06. The Balaban J connectivity index is 2.31. The number of benzene rings is 2. The summed E-state index contributed by atoms with van der Waals surface area (Å²) >= 11 is 5.84. The maximum Gasteiger partial charge on any atom is 0.308 e. The van der Waals surface area contributed by atoms with E-state index in [0.29, 0.717) is 5.02 Å². The van der Waals surface area contributed by atoms with E-state index in [-0.39, 0.29) is 11.3 Å². The quantitative estimate of drug-likeness (QED) is 0.369. The average Bonchev–Trinajstić information content (AvgIpc) is 2.45. The fourth-order valence-electron chi connectivity index (χ4n) is 1.64. The van der Waals surface area contributed by atoms with Crippen molar-refractivity contribution in [3.05, 3.63) is 64.7 Å². The molecule has 0 fully saturated rings. The Hall–Kier alpha value is -2.57. The predicted molar refractivity (Wildman–Crippen MR) is 80.4 cm³/mol. The maximum atomic E-state index is 12.1. The molecular weight excluding hydrogens is 288 g/mol. The normalized spacial score (nSPS) is 9.43. The first-order valence-electron chi connectivity index (χ1n) is 6.15. The van der Waals surface area contributed by atoms with Crippen LogP contribution in [0.5, 0.6) is 5.75 Å². The van der Waals surface area contributed by atoms with Crippen LogP contribution in [0.25, 0.3) is 0 Å². The summed E-state index contributed by atoms with van der Waals surface area (Å²) < 4.78 is 4.99. The Morgan fingerprint density at radius 3 is 2.48 bits per heavy atom. The number of halogens is 1. The van der Waals surface area contributed by atoms with Crippen LogP contribution in [0.15, 0.2) is 48.5 Å². The van der Waals surface area contributed by atoms with Crippen molar-refractivity contribution in [3.8, 4) is 17.6 Å². The number of carbonyl (C=O) groups excluding carboxylic acids is 2. The zero-order valence-electron chi connectivity index (χ0n) is 11.2. The smallest absolute Gasteiger partial charge is 0.308 e. The van der Waals surface area contributed by atoms with Gasteiger partial charge in [0.05, 0.1) is 5.56 Å². The van der Waals surface area contributed by atoms with Crippen LogP contribution in [0.2, 0.25) is 5.02 Å². The van der Waals surface area contributed by atoms with Gasteiger partial charge in [-0.05, 0) is 30.2 Å². The molecule has 2 aromatic carbocycles. The van der Waals surface area contributed by atoms with Crippen LogP contribution >= 0.6 is 11.6 Å². The zero-order valence-corrected chi connectivity index (χ0v) is 12.0. The molecule has 4 heteroatoms. The molecule has 0 heterocycles. The molecule has 0 saturated carbocycles. The highest BCUT2D eigenvalue weighted by Gasteiger charge is 2.13. The van der Waals surface area contributed by atoms with E-state index in [4.69, 9.17) is 16.3 Å². The van der Waals surface area contributed by atoms with Gasteiger partial charge in [0.2, 0.25) is 5.78 Å². The molecule has 104 valence electrons. The average molecular weight is 299 g/mol. The van der Waals surface area contributed by atoms with Gasteiger partial charge >= 0.3 is 5.97 Å². The van der Waals surface area contributed by atoms with Gasteiger partial charge < -0.3 is 4.74 Å². The van der Waals surface area contributed by atoms with E-state index in [1.54, 1.807) is 18.2 Å². The van der Waals surface area contributed by atoms with Crippen LogP contribution in [-0.2, 0) is 4.79 Å². The van der Waals surface area contributed by atoms with Crippen molar-refractivity contribution in [1.29, 1.82) is 0 Å². The summed E-state index contributed by atoms with van der Waals surface area (Å²) in [7, 11) is 0. The van der Waals surface area contributed by atoms with Gasteiger partial charge in [0.1, 0.15) is 5.75 Å². The Morgan fingerprint density at radius 2 is 1.81 bits per heavy atom. The molecule has 0 unspecified atom stereocenters. The van der Waals surface area contributed by atoms with E-state index in [2.05, 4.69) is 11.8 Å². The molecule has 0 saturated heterocycles. The highest BCUT2D eigenvalue weighted by molar-refractivity contribution is 6.31. The molecule has 2 aromatic rings. The number of rotatable bonds is 2. The molecule has 0 radical (unpaired) electrons. The molecule has 0 aliphatic heterocycles. The van der Waals surface area contributed by atoms with Gasteiger partial charge in [-0.25, -0.2) is 0 Å². The minimum atomic E-state index is -0.526. The van der Waals surface area contributed by atoms with E-state index in [9.17, 15) is 9.59 Å². The summed E-state index contributed by atoms with van der Waals surface area (Å²) in [5.41, 5.74) is 0.937. The summed E-state index contributed by atoms with van der Waals surface area (Å²) in [6.45, 7) is 1.25. The molecule has 3 nitrogen and oxygen atoms in total. The molecule has 0 aromatic heterocycles. The Bertz CT molecular complexity index is 740. The van der Waals surface area contributed by atoms with Gasteiger partial charge in [0.15, 0.2) is 0 Å². The summed E-state index contributed by atoms with van der Waals surface area (Å²) in [5, 5.41) is 0.374. The Morgan fingerprint density at radius 1 is 1.10 bits per heavy atom. The molecule has 0 atom stereocenters. The second kappa shape index (κ2) is 6.74. The highest BCUT2D eigenvalue weighted by Crippen LogP contribution is 2.24. The van der Waals surface area contributed by atoms with Crippen molar-refractivity contribution >= 4 is 23.4 Å². The minimum Gasteiger partial charge on any atom is -0.426 e. The van der Waals surface area contributed by atoms with Gasteiger partial charge in [-0.1, -0.05) is 35.7 Å². The van der Waals surface area contributed by atoms with Crippen LogP contribution in [0.1, 0.15) is 22.8 Å². The van der Waals surface area contributed by atoms with E-state index in [1.165, 1.54) is 19.1 Å². The highest BCUT2D eigenvalue weighted by atomic mass is 35.5. The lowest BCUT2D eigenvalue weighted by atomic mass is 10.1. The number of carbonyl (C=O) groups is 2. The molecule has 0 N–H and O–H groups in total. The van der Waals surface area contributed by atoms with Crippen LogP contribution in [-0.4, -0.2) is 11.8 Å². The fourth-order valence-corrected chi connectivity index (χ4v) is 1.80. The van der Waals surface area contributed by atoms with Gasteiger partial charge in [-0.3, -0.25) is 9.59 Å². The number of esters is 1. The summed E-state index contributed by atoms with van der Waals surface area (Å²) in [6.07, 6.45) is 0. The predicted octanol–water partition coefficient (Wildman–Crippen LogP) is 3.50. The van der Waals surface area contributed by atoms with Crippen molar-refractivity contribution in [2.45, 2.75) is 6.92 Å². The molecular formula is C17H11ClO3.